The molecule has 110 valence electrons. The minimum atomic E-state index is -0.997. The largest absolute Gasteiger partial charge is 0.497 e. The molecule has 0 saturated carbocycles. The molecule has 0 aliphatic rings. The summed E-state index contributed by atoms with van der Waals surface area (Å²) in [5.41, 5.74) is 0.699. The van der Waals surface area contributed by atoms with Gasteiger partial charge < -0.3 is 19.3 Å². The molecule has 0 heterocycles. The topological polar surface area (TPSA) is 65.0 Å². The van der Waals surface area contributed by atoms with Crippen LogP contribution < -0.4 is 9.47 Å². The van der Waals surface area contributed by atoms with Crippen LogP contribution in [0.1, 0.15) is 18.9 Å². The Morgan fingerprint density at radius 1 is 1.35 bits per heavy atom. The fourth-order valence-electron chi connectivity index (χ4n) is 1.55. The number of ether oxygens (including phenoxy) is 3. The van der Waals surface area contributed by atoms with E-state index in [0.717, 1.165) is 12.5 Å². The van der Waals surface area contributed by atoms with Gasteiger partial charge in [0, 0.05) is 37.3 Å². The molecule has 0 spiro atoms. The van der Waals surface area contributed by atoms with Crippen LogP contribution in [0.25, 0.3) is 6.08 Å². The molecule has 0 radical (unpaired) electrons. The zero-order valence-electron chi connectivity index (χ0n) is 11.8. The van der Waals surface area contributed by atoms with Gasteiger partial charge in [-0.3, -0.25) is 0 Å². The Labute approximate surface area is 118 Å². The van der Waals surface area contributed by atoms with E-state index in [1.54, 1.807) is 25.3 Å². The predicted molar refractivity (Wildman–Crippen MR) is 76.3 cm³/mol. The average molecular weight is 280 g/mol. The van der Waals surface area contributed by atoms with Crippen LogP contribution in [-0.4, -0.2) is 38.0 Å². The van der Waals surface area contributed by atoms with E-state index in [-0.39, 0.29) is 0 Å². The lowest BCUT2D eigenvalue weighted by Gasteiger charge is -2.11. The Bertz CT molecular complexity index is 454. The zero-order valence-corrected chi connectivity index (χ0v) is 11.8. The number of rotatable bonds is 9. The van der Waals surface area contributed by atoms with Crippen molar-refractivity contribution >= 4 is 12.0 Å². The summed E-state index contributed by atoms with van der Waals surface area (Å²) in [7, 11) is 1.57. The van der Waals surface area contributed by atoms with Crippen LogP contribution in [0.15, 0.2) is 24.3 Å². The van der Waals surface area contributed by atoms with Gasteiger partial charge in [-0.05, 0) is 25.1 Å². The highest BCUT2D eigenvalue weighted by Gasteiger charge is 2.04. The predicted octanol–water partition coefficient (Wildman–Crippen LogP) is 2.60. The number of aliphatic carboxylic acids is 1. The third-order valence-electron chi connectivity index (χ3n) is 2.52. The first kappa shape index (κ1) is 16.0. The molecule has 0 unspecified atom stereocenters. The van der Waals surface area contributed by atoms with Crippen molar-refractivity contribution in [3.8, 4) is 11.5 Å². The maximum Gasteiger partial charge on any atom is 0.328 e. The van der Waals surface area contributed by atoms with E-state index in [0.29, 0.717) is 36.9 Å². The van der Waals surface area contributed by atoms with E-state index in [4.69, 9.17) is 19.3 Å². The van der Waals surface area contributed by atoms with E-state index in [1.165, 1.54) is 6.08 Å². The van der Waals surface area contributed by atoms with E-state index < -0.39 is 5.97 Å². The molecule has 20 heavy (non-hydrogen) atoms. The Hall–Kier alpha value is -2.01. The van der Waals surface area contributed by atoms with Gasteiger partial charge in [0.1, 0.15) is 11.5 Å². The SMILES string of the molecule is CCOCCCOc1cc(OC)ccc1C=CC(=O)O. The fourth-order valence-corrected chi connectivity index (χ4v) is 1.55. The Balaban J connectivity index is 2.70. The van der Waals surface area contributed by atoms with Crippen LogP contribution in [0.2, 0.25) is 0 Å². The molecule has 1 aromatic carbocycles. The normalized spacial score (nSPS) is 10.7. The van der Waals surface area contributed by atoms with Gasteiger partial charge in [0.25, 0.3) is 0 Å². The highest BCUT2D eigenvalue weighted by Crippen LogP contribution is 2.26. The Morgan fingerprint density at radius 2 is 2.15 bits per heavy atom. The van der Waals surface area contributed by atoms with Crippen molar-refractivity contribution in [2.75, 3.05) is 26.9 Å². The first-order chi connectivity index (χ1) is 9.67. The molecule has 1 N–H and O–H groups in total. The summed E-state index contributed by atoms with van der Waals surface area (Å²) >= 11 is 0. The van der Waals surface area contributed by atoms with Gasteiger partial charge in [0.05, 0.1) is 13.7 Å². The fraction of sp³-hybridized carbons (Fsp3) is 0.400. The van der Waals surface area contributed by atoms with Gasteiger partial charge in [-0.15, -0.1) is 0 Å². The minimum Gasteiger partial charge on any atom is -0.497 e. The number of carbonyl (C=O) groups is 1. The highest BCUT2D eigenvalue weighted by molar-refractivity contribution is 5.86. The van der Waals surface area contributed by atoms with E-state index >= 15 is 0 Å². The third-order valence-corrected chi connectivity index (χ3v) is 2.52. The van der Waals surface area contributed by atoms with Crippen LogP contribution in [0.3, 0.4) is 0 Å². The summed E-state index contributed by atoms with van der Waals surface area (Å²) in [5, 5.41) is 8.67. The Kier molecular flexibility index (Phi) is 7.21. The van der Waals surface area contributed by atoms with Crippen molar-refractivity contribution in [1.29, 1.82) is 0 Å². The van der Waals surface area contributed by atoms with Gasteiger partial charge in [-0.2, -0.15) is 0 Å². The summed E-state index contributed by atoms with van der Waals surface area (Å²) in [4.78, 5) is 10.6. The molecule has 1 rings (SSSR count). The van der Waals surface area contributed by atoms with Gasteiger partial charge in [0.15, 0.2) is 0 Å². The molecular formula is C15H20O5. The molecule has 0 aliphatic carbocycles. The number of carboxylic acid groups (broad SMARTS) is 1. The number of methoxy groups -OCH3 is 1. The van der Waals surface area contributed by atoms with E-state index in [2.05, 4.69) is 0 Å². The molecule has 1 aromatic rings. The molecule has 0 aromatic heterocycles. The third kappa shape index (κ3) is 5.75. The lowest BCUT2D eigenvalue weighted by atomic mass is 10.1. The molecule has 0 amide bonds. The molecule has 0 bridgehead atoms. The maximum atomic E-state index is 10.6. The smallest absolute Gasteiger partial charge is 0.328 e. The number of benzene rings is 1. The Morgan fingerprint density at radius 3 is 2.80 bits per heavy atom. The van der Waals surface area contributed by atoms with E-state index in [1.807, 2.05) is 6.92 Å². The van der Waals surface area contributed by atoms with Gasteiger partial charge in [-0.1, -0.05) is 0 Å². The van der Waals surface area contributed by atoms with Crippen molar-refractivity contribution in [3.05, 3.63) is 29.8 Å². The molecule has 0 aliphatic heterocycles. The lowest BCUT2D eigenvalue weighted by Crippen LogP contribution is -2.04. The molecule has 5 heteroatoms. The summed E-state index contributed by atoms with van der Waals surface area (Å²) in [5.74, 6) is 0.263. The zero-order chi connectivity index (χ0) is 14.8. The van der Waals surface area contributed by atoms with Gasteiger partial charge >= 0.3 is 5.97 Å². The summed E-state index contributed by atoms with van der Waals surface area (Å²) in [6.45, 7) is 3.77. The van der Waals surface area contributed by atoms with Crippen molar-refractivity contribution in [2.24, 2.45) is 0 Å². The van der Waals surface area contributed by atoms with Crippen molar-refractivity contribution in [1.82, 2.24) is 0 Å². The monoisotopic (exact) mass is 280 g/mol. The van der Waals surface area contributed by atoms with Crippen LogP contribution in [0.5, 0.6) is 11.5 Å². The van der Waals surface area contributed by atoms with Crippen molar-refractivity contribution in [2.45, 2.75) is 13.3 Å². The summed E-state index contributed by atoms with van der Waals surface area (Å²) in [6.07, 6.45) is 3.35. The molecule has 0 fully saturated rings. The van der Waals surface area contributed by atoms with Crippen LogP contribution in [0, 0.1) is 0 Å². The standard InChI is InChI=1S/C15H20O5/c1-3-19-9-4-10-20-14-11-13(18-2)7-5-12(14)6-8-15(16)17/h5-8,11H,3-4,9-10H2,1-2H3,(H,16,17). The van der Waals surface area contributed by atoms with Crippen LogP contribution in [-0.2, 0) is 9.53 Å². The minimum absolute atomic E-state index is 0.501. The second-order valence-electron chi connectivity index (χ2n) is 3.97. The van der Waals surface area contributed by atoms with E-state index in [9.17, 15) is 4.79 Å². The lowest BCUT2D eigenvalue weighted by molar-refractivity contribution is -0.131. The van der Waals surface area contributed by atoms with Crippen LogP contribution in [0.4, 0.5) is 0 Å². The molecule has 0 atom stereocenters. The van der Waals surface area contributed by atoms with Crippen molar-refractivity contribution < 1.29 is 24.1 Å². The molecule has 5 nitrogen and oxygen atoms in total. The van der Waals surface area contributed by atoms with Crippen molar-refractivity contribution in [3.63, 3.8) is 0 Å². The first-order valence-corrected chi connectivity index (χ1v) is 6.47. The van der Waals surface area contributed by atoms with Crippen LogP contribution >= 0.6 is 0 Å². The number of hydrogen-bond donors (Lipinski definition) is 1. The molecule has 0 saturated heterocycles. The maximum absolute atomic E-state index is 10.6. The van der Waals surface area contributed by atoms with Gasteiger partial charge in [-0.25, -0.2) is 4.79 Å². The average Bonchev–Trinajstić information content (AvgIpc) is 2.45. The second-order valence-corrected chi connectivity index (χ2v) is 3.97. The highest BCUT2D eigenvalue weighted by atomic mass is 16.5. The quantitative estimate of drug-likeness (QED) is 0.556. The second kappa shape index (κ2) is 8.98. The first-order valence-electron chi connectivity index (χ1n) is 6.47. The number of carboxylic acids is 1. The summed E-state index contributed by atoms with van der Waals surface area (Å²) < 4.78 is 16.0. The van der Waals surface area contributed by atoms with Gasteiger partial charge in [0.2, 0.25) is 0 Å². The number of hydrogen-bond acceptors (Lipinski definition) is 4. The molecular weight excluding hydrogens is 260 g/mol. The summed E-state index contributed by atoms with van der Waals surface area (Å²) in [6, 6.07) is 5.26.